The Morgan fingerprint density at radius 2 is 1.51 bits per heavy atom. The smallest absolute Gasteiger partial charge is 0.162 e. The summed E-state index contributed by atoms with van der Waals surface area (Å²) in [6.07, 6.45) is 6.88. The van der Waals surface area contributed by atoms with Crippen LogP contribution in [0, 0.1) is 24.8 Å². The Bertz CT molecular complexity index is 1920. The normalized spacial score (nSPS) is 12.5. The molecule has 2 aromatic heterocycles. The first-order valence-corrected chi connectivity index (χ1v) is 22.4. The van der Waals surface area contributed by atoms with Gasteiger partial charge in [-0.1, -0.05) is 109 Å². The molecular weight excluding hydrogens is 815 g/mol. The summed E-state index contributed by atoms with van der Waals surface area (Å²) >= 11 is 1.92. The summed E-state index contributed by atoms with van der Waals surface area (Å²) in [6, 6.07) is 22.7. The maximum atomic E-state index is 11.7. The zero-order valence-corrected chi connectivity index (χ0v) is 35.7. The molecule has 265 valence electrons. The Kier molecular flexibility index (Phi) is 14.2. The number of rotatable bonds is 10. The third-order valence-corrected chi connectivity index (χ3v) is 12.2. The summed E-state index contributed by atoms with van der Waals surface area (Å²) in [6.45, 7) is 24.6. The van der Waals surface area contributed by atoms with E-state index in [2.05, 4.69) is 102 Å². The molecule has 0 spiro atoms. The number of hydrogen-bond acceptors (Lipinski definition) is 4. The van der Waals surface area contributed by atoms with Gasteiger partial charge in [-0.25, -0.2) is 0 Å². The first kappa shape index (κ1) is 40.8. The van der Waals surface area contributed by atoms with E-state index in [9.17, 15) is 9.90 Å². The molecule has 2 heterocycles. The fourth-order valence-corrected chi connectivity index (χ4v) is 9.66. The number of carbonyl (C=O) groups excluding carboxylic acids is 1. The summed E-state index contributed by atoms with van der Waals surface area (Å²) in [5, 5.41) is 14.9. The van der Waals surface area contributed by atoms with Crippen LogP contribution in [0.4, 0.5) is 0 Å². The molecule has 0 aliphatic rings. The number of hydrogen-bond donors (Lipinski definition) is 1. The predicted molar refractivity (Wildman–Crippen MR) is 213 cm³/mol. The minimum Gasteiger partial charge on any atom is -0.512 e. The molecule has 1 N–H and O–H groups in total. The van der Waals surface area contributed by atoms with E-state index in [1.807, 2.05) is 45.2 Å². The van der Waals surface area contributed by atoms with Crippen LogP contribution in [0.1, 0.15) is 90.8 Å². The van der Waals surface area contributed by atoms with Crippen molar-refractivity contribution in [2.24, 2.45) is 11.8 Å². The van der Waals surface area contributed by atoms with Crippen LogP contribution >= 0.6 is 11.3 Å². The van der Waals surface area contributed by atoms with Crippen molar-refractivity contribution in [2.75, 3.05) is 0 Å². The molecule has 0 unspecified atom stereocenters. The molecule has 49 heavy (non-hydrogen) atoms. The van der Waals surface area contributed by atoms with Gasteiger partial charge in [-0.05, 0) is 66.6 Å². The summed E-state index contributed by atoms with van der Waals surface area (Å²) in [5.41, 5.74) is 6.50. The van der Waals surface area contributed by atoms with E-state index in [0.717, 1.165) is 42.3 Å². The monoisotopic (exact) mass is 871 g/mol. The van der Waals surface area contributed by atoms with Gasteiger partial charge in [0.1, 0.15) is 0 Å². The van der Waals surface area contributed by atoms with Crippen LogP contribution < -0.4 is 0 Å². The van der Waals surface area contributed by atoms with E-state index in [1.54, 1.807) is 0 Å². The molecule has 0 fully saturated rings. The minimum absolute atomic E-state index is 0. The van der Waals surface area contributed by atoms with Crippen molar-refractivity contribution in [2.45, 2.75) is 112 Å². The number of allylic oxidation sites excluding steroid dienone is 2. The van der Waals surface area contributed by atoms with Gasteiger partial charge < -0.3 is 5.11 Å². The molecule has 3 nitrogen and oxygen atoms in total. The van der Waals surface area contributed by atoms with Gasteiger partial charge in [0.2, 0.25) is 0 Å². The molecule has 0 saturated heterocycles. The number of nitrogens with zero attached hydrogens (tertiary/aromatic N) is 1. The van der Waals surface area contributed by atoms with Crippen molar-refractivity contribution in [1.29, 1.82) is 0 Å². The molecule has 0 aliphatic heterocycles. The van der Waals surface area contributed by atoms with Crippen LogP contribution in [0.15, 0.2) is 66.6 Å². The number of aliphatic hydroxyl groups is 1. The maximum Gasteiger partial charge on any atom is 0.162 e. The van der Waals surface area contributed by atoms with E-state index >= 15 is 0 Å². The van der Waals surface area contributed by atoms with E-state index < -0.39 is 8.07 Å². The van der Waals surface area contributed by atoms with Crippen LogP contribution in [0.2, 0.25) is 19.6 Å². The number of aliphatic hydroxyl groups excluding tert-OH is 1. The van der Waals surface area contributed by atoms with Crippen molar-refractivity contribution in [3.05, 3.63) is 89.3 Å². The van der Waals surface area contributed by atoms with Crippen LogP contribution in [0.5, 0.6) is 0 Å². The van der Waals surface area contributed by atoms with Crippen LogP contribution in [-0.2, 0) is 36.4 Å². The van der Waals surface area contributed by atoms with Gasteiger partial charge in [-0.3, -0.25) is 9.78 Å². The summed E-state index contributed by atoms with van der Waals surface area (Å²) in [4.78, 5) is 16.6. The van der Waals surface area contributed by atoms with Crippen molar-refractivity contribution in [3.63, 3.8) is 0 Å². The molecule has 0 amide bonds. The Morgan fingerprint density at radius 1 is 0.898 bits per heavy atom. The number of fused-ring (bicyclic) bond motifs is 4. The predicted octanol–water partition coefficient (Wildman–Crippen LogP) is 13.0. The topological polar surface area (TPSA) is 50.2 Å². The zero-order chi connectivity index (χ0) is 35.4. The van der Waals surface area contributed by atoms with Gasteiger partial charge in [0, 0.05) is 72.8 Å². The molecule has 0 aliphatic carbocycles. The molecule has 3 aromatic carbocycles. The molecular formula is C43H56IrNO2SSi-. The summed E-state index contributed by atoms with van der Waals surface area (Å²) in [5.74, 6) is 0.547. The number of aryl methyl sites for hydroxylation is 1. The van der Waals surface area contributed by atoms with Gasteiger partial charge in [0.15, 0.2) is 5.78 Å². The van der Waals surface area contributed by atoms with Crippen LogP contribution in [0.3, 0.4) is 0 Å². The van der Waals surface area contributed by atoms with Crippen LogP contribution in [0.25, 0.3) is 42.2 Å². The molecule has 0 atom stereocenters. The van der Waals surface area contributed by atoms with Gasteiger partial charge in [0.25, 0.3) is 0 Å². The average Bonchev–Trinajstić information content (AvgIpc) is 3.41. The van der Waals surface area contributed by atoms with E-state index in [1.165, 1.54) is 54.4 Å². The van der Waals surface area contributed by atoms with Gasteiger partial charge in [0.05, 0.1) is 5.76 Å². The average molecular weight is 871 g/mol. The molecule has 5 rings (SSSR count). The molecule has 0 bridgehead atoms. The SMILES string of the molecule is CCC(CC)C(=O)/C=C(\O)C(CC)CC.Cc1ccc2c(sc3c(-c4[c-]c5ccccc5c(C(C)(C)C)c4)nccc32)c1C[Si](C)(C)C.[Ir]. The Morgan fingerprint density at radius 3 is 2.10 bits per heavy atom. The van der Waals surface area contributed by atoms with Crippen molar-refractivity contribution in [1.82, 2.24) is 4.98 Å². The van der Waals surface area contributed by atoms with E-state index in [4.69, 9.17) is 4.98 Å². The van der Waals surface area contributed by atoms with Crippen molar-refractivity contribution >= 4 is 56.1 Å². The van der Waals surface area contributed by atoms with Crippen LogP contribution in [-0.4, -0.2) is 23.9 Å². The van der Waals surface area contributed by atoms with Crippen molar-refractivity contribution in [3.8, 4) is 11.3 Å². The summed E-state index contributed by atoms with van der Waals surface area (Å²) in [7, 11) is -1.25. The largest absolute Gasteiger partial charge is 0.512 e. The maximum absolute atomic E-state index is 11.7. The number of carbonyl (C=O) groups is 1. The fraction of sp³-hybridized carbons (Fsp3) is 0.442. The quantitative estimate of drug-likeness (QED) is 0.0658. The molecule has 1 radical (unpaired) electrons. The molecule has 5 aromatic rings. The number of benzene rings is 3. The van der Waals surface area contributed by atoms with Gasteiger partial charge in [-0.2, -0.15) is 0 Å². The number of pyridine rings is 1. The third-order valence-electron chi connectivity index (χ3n) is 9.52. The van der Waals surface area contributed by atoms with E-state index in [-0.39, 0.29) is 48.9 Å². The Labute approximate surface area is 314 Å². The zero-order valence-electron chi connectivity index (χ0n) is 31.5. The van der Waals surface area contributed by atoms with Gasteiger partial charge >= 0.3 is 0 Å². The standard InChI is InChI=1S/C30H32NSSi.C13H24O2.Ir/c1-19-12-13-23-24-14-15-31-27(29(24)32-28(23)25(19)18-33(5,6)7)21-16-20-10-8-9-11-22(20)26(17-21)30(2,3)4;1-5-10(6-2)12(14)9-13(15)11(7-3)8-4;/h8-15,17H,18H2,1-7H3;9-11,14H,5-8H2,1-4H3;/q-1;;/b;12-9-;. The number of thiophene rings is 1. The molecule has 6 heteroatoms. The fourth-order valence-electron chi connectivity index (χ4n) is 6.62. The minimum atomic E-state index is -1.25. The number of aromatic nitrogens is 1. The second-order valence-electron chi connectivity index (χ2n) is 15.5. The second-order valence-corrected chi connectivity index (χ2v) is 22.0. The molecule has 0 saturated carbocycles. The number of ketones is 1. The Hall–Kier alpha value is -2.63. The second kappa shape index (κ2) is 17.1. The summed E-state index contributed by atoms with van der Waals surface area (Å²) < 4.78 is 2.72. The first-order chi connectivity index (χ1) is 22.6. The van der Waals surface area contributed by atoms with Gasteiger partial charge in [-0.15, -0.1) is 40.5 Å². The first-order valence-electron chi connectivity index (χ1n) is 17.8. The third kappa shape index (κ3) is 9.58. The van der Waals surface area contributed by atoms with E-state index in [0.29, 0.717) is 0 Å². The van der Waals surface area contributed by atoms with Crippen molar-refractivity contribution < 1.29 is 30.0 Å². The Balaban J connectivity index is 0.000000347.